The number of hydrogen-bond donors (Lipinski definition) is 0. The van der Waals surface area contributed by atoms with Crippen molar-refractivity contribution in [3.8, 4) is 28.2 Å². The summed E-state index contributed by atoms with van der Waals surface area (Å²) in [5.41, 5.74) is 12.4. The third kappa shape index (κ3) is 5.13. The van der Waals surface area contributed by atoms with Gasteiger partial charge in [0.1, 0.15) is 17.0 Å². The summed E-state index contributed by atoms with van der Waals surface area (Å²) in [7, 11) is 0. The maximum atomic E-state index is 6.94. The van der Waals surface area contributed by atoms with Crippen LogP contribution in [0.4, 0.5) is 0 Å². The fourth-order valence-electron chi connectivity index (χ4n) is 8.04. The van der Waals surface area contributed by atoms with E-state index in [9.17, 15) is 0 Å². The number of hydrogen-bond acceptors (Lipinski definition) is 2. The summed E-state index contributed by atoms with van der Waals surface area (Å²) in [6.45, 7) is 16.1. The lowest BCUT2D eigenvalue weighted by Crippen LogP contribution is -2.12. The Morgan fingerprint density at radius 1 is 0.577 bits per heavy atom. The molecule has 0 aliphatic rings. The van der Waals surface area contributed by atoms with Crippen LogP contribution < -0.4 is 0 Å². The molecule has 3 heteroatoms. The van der Waals surface area contributed by atoms with Crippen LogP contribution in [0.1, 0.15) is 77.0 Å². The minimum atomic E-state index is -0.0205. The second kappa shape index (κ2) is 12.0. The normalized spacial score (nSPS) is 12.5. The first-order chi connectivity index (χ1) is 25.1. The molecule has 0 bridgehead atoms. The Morgan fingerprint density at radius 2 is 1.27 bits per heavy atom. The summed E-state index contributed by atoms with van der Waals surface area (Å²) in [4.78, 5) is 5.48. The summed E-state index contributed by atoms with van der Waals surface area (Å²) in [6.07, 6.45) is 0. The highest BCUT2D eigenvalue weighted by Gasteiger charge is 2.27. The van der Waals surface area contributed by atoms with Gasteiger partial charge in [0.15, 0.2) is 0 Å². The highest BCUT2D eigenvalue weighted by atomic mass is 16.3. The fourth-order valence-corrected chi connectivity index (χ4v) is 8.04. The van der Waals surface area contributed by atoms with Crippen molar-refractivity contribution >= 4 is 54.5 Å². The zero-order valence-electron chi connectivity index (χ0n) is 31.1. The Bertz CT molecular complexity index is 2800. The lowest BCUT2D eigenvalue weighted by atomic mass is 9.86. The number of para-hydroxylation sites is 1. The Kier molecular flexibility index (Phi) is 7.41. The van der Waals surface area contributed by atoms with E-state index in [4.69, 9.17) is 9.40 Å². The van der Waals surface area contributed by atoms with Gasteiger partial charge in [0.2, 0.25) is 0 Å². The Balaban J connectivity index is 1.38. The van der Waals surface area contributed by atoms with Crippen LogP contribution in [0.25, 0.3) is 82.7 Å². The molecule has 9 rings (SSSR count). The SMILES string of the molecule is CC(C)c1cc(-c2ccccc2)cc(C(C)C)c1-n1c(-c2cccc3c2oc2cc4c(ccc5ccccc54)cc23)nc2ccc(C(C)(C)C)cc21. The zero-order chi connectivity index (χ0) is 35.9. The molecule has 0 saturated heterocycles. The summed E-state index contributed by atoms with van der Waals surface area (Å²) < 4.78 is 9.39. The maximum Gasteiger partial charge on any atom is 0.149 e. The minimum absolute atomic E-state index is 0.0205. The van der Waals surface area contributed by atoms with Gasteiger partial charge in [-0.25, -0.2) is 4.98 Å². The third-order valence-corrected chi connectivity index (χ3v) is 10.9. The van der Waals surface area contributed by atoms with E-state index in [-0.39, 0.29) is 17.3 Å². The molecule has 0 amide bonds. The second-order valence-electron chi connectivity index (χ2n) is 16.0. The van der Waals surface area contributed by atoms with Crippen LogP contribution in [0.2, 0.25) is 0 Å². The van der Waals surface area contributed by atoms with Gasteiger partial charge in [0.25, 0.3) is 0 Å². The van der Waals surface area contributed by atoms with Crippen molar-refractivity contribution in [3.05, 3.63) is 144 Å². The van der Waals surface area contributed by atoms with E-state index in [0.29, 0.717) is 0 Å². The molecule has 52 heavy (non-hydrogen) atoms. The van der Waals surface area contributed by atoms with E-state index >= 15 is 0 Å². The Labute approximate surface area is 305 Å². The van der Waals surface area contributed by atoms with E-state index in [1.807, 2.05) is 0 Å². The van der Waals surface area contributed by atoms with Gasteiger partial charge < -0.3 is 4.42 Å². The van der Waals surface area contributed by atoms with Gasteiger partial charge in [-0.2, -0.15) is 0 Å². The number of nitrogens with zero attached hydrogens (tertiary/aromatic N) is 2. The molecular formula is C49H44N2O. The van der Waals surface area contributed by atoms with Crippen LogP contribution >= 0.6 is 0 Å². The largest absolute Gasteiger partial charge is 0.455 e. The van der Waals surface area contributed by atoms with Gasteiger partial charge in [-0.1, -0.05) is 133 Å². The van der Waals surface area contributed by atoms with Crippen molar-refractivity contribution < 1.29 is 4.42 Å². The topological polar surface area (TPSA) is 31.0 Å². The third-order valence-electron chi connectivity index (χ3n) is 10.9. The van der Waals surface area contributed by atoms with Crippen molar-refractivity contribution in [1.82, 2.24) is 9.55 Å². The quantitative estimate of drug-likeness (QED) is 0.170. The monoisotopic (exact) mass is 676 g/mol. The number of aromatic nitrogens is 2. The lowest BCUT2D eigenvalue weighted by Gasteiger charge is -2.25. The molecule has 0 atom stereocenters. The molecule has 7 aromatic carbocycles. The van der Waals surface area contributed by atoms with Crippen molar-refractivity contribution in [2.45, 2.75) is 65.7 Å². The smallest absolute Gasteiger partial charge is 0.149 e. The highest BCUT2D eigenvalue weighted by molar-refractivity contribution is 6.17. The van der Waals surface area contributed by atoms with Crippen LogP contribution in [0.5, 0.6) is 0 Å². The van der Waals surface area contributed by atoms with E-state index < -0.39 is 0 Å². The van der Waals surface area contributed by atoms with E-state index in [1.54, 1.807) is 0 Å². The van der Waals surface area contributed by atoms with Crippen LogP contribution in [-0.4, -0.2) is 9.55 Å². The second-order valence-corrected chi connectivity index (χ2v) is 16.0. The van der Waals surface area contributed by atoms with Crippen LogP contribution in [-0.2, 0) is 5.41 Å². The average molecular weight is 677 g/mol. The van der Waals surface area contributed by atoms with Gasteiger partial charge >= 0.3 is 0 Å². The molecule has 0 aliphatic heterocycles. The molecule has 0 unspecified atom stereocenters. The first-order valence-corrected chi connectivity index (χ1v) is 18.6. The van der Waals surface area contributed by atoms with Gasteiger partial charge in [0, 0.05) is 10.8 Å². The summed E-state index contributed by atoms with van der Waals surface area (Å²) in [6, 6.07) is 46.5. The number of rotatable bonds is 5. The summed E-state index contributed by atoms with van der Waals surface area (Å²) >= 11 is 0. The number of imidazole rings is 1. The highest BCUT2D eigenvalue weighted by Crippen LogP contribution is 2.44. The van der Waals surface area contributed by atoms with Crippen molar-refractivity contribution in [2.75, 3.05) is 0 Å². The first kappa shape index (κ1) is 32.3. The molecule has 3 nitrogen and oxygen atoms in total. The summed E-state index contributed by atoms with van der Waals surface area (Å²) in [5, 5.41) is 7.10. The molecule has 256 valence electrons. The van der Waals surface area contributed by atoms with Gasteiger partial charge in [-0.05, 0) is 109 Å². The average Bonchev–Trinajstić information content (AvgIpc) is 3.71. The molecule has 0 spiro atoms. The number of benzene rings is 7. The van der Waals surface area contributed by atoms with Crippen LogP contribution in [0.3, 0.4) is 0 Å². The van der Waals surface area contributed by atoms with Gasteiger partial charge in [0.05, 0.1) is 22.3 Å². The molecule has 0 N–H and O–H groups in total. The molecule has 0 radical (unpaired) electrons. The Morgan fingerprint density at radius 3 is 2.00 bits per heavy atom. The Hall–Kier alpha value is -5.67. The van der Waals surface area contributed by atoms with Crippen LogP contribution in [0.15, 0.2) is 132 Å². The molecule has 0 saturated carbocycles. The van der Waals surface area contributed by atoms with E-state index in [2.05, 4.69) is 180 Å². The predicted octanol–water partition coefficient (Wildman–Crippen LogP) is 14.1. The number of furan rings is 1. The molecule has 0 fully saturated rings. The summed E-state index contributed by atoms with van der Waals surface area (Å²) in [5.74, 6) is 1.45. The van der Waals surface area contributed by atoms with Gasteiger partial charge in [-0.3, -0.25) is 4.57 Å². The van der Waals surface area contributed by atoms with Crippen molar-refractivity contribution in [2.24, 2.45) is 0 Å². The first-order valence-electron chi connectivity index (χ1n) is 18.6. The fraction of sp³-hybridized carbons (Fsp3) is 0.204. The molecular weight excluding hydrogens is 633 g/mol. The van der Waals surface area contributed by atoms with E-state index in [1.165, 1.54) is 55.0 Å². The maximum absolute atomic E-state index is 6.94. The molecule has 0 aliphatic carbocycles. The van der Waals surface area contributed by atoms with Gasteiger partial charge in [-0.15, -0.1) is 0 Å². The molecule has 9 aromatic rings. The lowest BCUT2D eigenvalue weighted by molar-refractivity contribution is 0.591. The predicted molar refractivity (Wildman–Crippen MR) is 221 cm³/mol. The zero-order valence-corrected chi connectivity index (χ0v) is 31.1. The molecule has 2 aromatic heterocycles. The standard InChI is InChI=1S/C49H44N2O/c1-29(2)39-25-34(31-14-9-8-10-15-31)26-40(30(3)4)46(39)51-44-27-35(49(5,6)7)22-23-43(44)50-48(51)38-19-13-18-37-42-24-33-21-20-32-16-11-12-17-36(32)41(33)28-45(42)52-47(37)38/h8-30H,1-7H3. The van der Waals surface area contributed by atoms with E-state index in [0.717, 1.165) is 44.4 Å². The number of fused-ring (bicyclic) bond motifs is 7. The van der Waals surface area contributed by atoms with Crippen molar-refractivity contribution in [1.29, 1.82) is 0 Å². The van der Waals surface area contributed by atoms with Crippen molar-refractivity contribution in [3.63, 3.8) is 0 Å². The minimum Gasteiger partial charge on any atom is -0.455 e. The molecule has 2 heterocycles. The van der Waals surface area contributed by atoms with Crippen LogP contribution in [0, 0.1) is 0 Å².